The monoisotopic (exact) mass is 521 g/mol. The number of para-hydroxylation sites is 2. The average Bonchev–Trinajstić information content (AvgIpc) is 2.88. The molecular weight excluding hydrogens is 489 g/mol. The number of nitrogens with one attached hydrogen (secondary N) is 2. The quantitative estimate of drug-likeness (QED) is 0.172. The number of benzene rings is 4. The summed E-state index contributed by atoms with van der Waals surface area (Å²) in [6.07, 6.45) is 0. The number of anilines is 1. The lowest BCUT2D eigenvalue weighted by Gasteiger charge is -2.16. The van der Waals surface area contributed by atoms with Gasteiger partial charge >= 0.3 is 0 Å². The normalized spacial score (nSPS) is 10.1. The van der Waals surface area contributed by atoms with Crippen LogP contribution in [0.1, 0.15) is 16.7 Å². The minimum absolute atomic E-state index is 0. The molecule has 0 fully saturated rings. The summed E-state index contributed by atoms with van der Waals surface area (Å²) in [7, 11) is 5.99. The van der Waals surface area contributed by atoms with Gasteiger partial charge in [0.15, 0.2) is 11.4 Å². The summed E-state index contributed by atoms with van der Waals surface area (Å²) >= 11 is 0. The zero-order valence-electron chi connectivity index (χ0n) is 20.9. The Bertz CT molecular complexity index is 1180. The molecule has 0 radical (unpaired) electrons. The Morgan fingerprint density at radius 3 is 1.69 bits per heavy atom. The Morgan fingerprint density at radius 2 is 1.19 bits per heavy atom. The van der Waals surface area contributed by atoms with Gasteiger partial charge in [-0.25, -0.2) is 5.32 Å². The Hall–Kier alpha value is -3.31. The summed E-state index contributed by atoms with van der Waals surface area (Å²) < 4.78 is 8.05. The van der Waals surface area contributed by atoms with Gasteiger partial charge in [-0.2, -0.15) is 0 Å². The van der Waals surface area contributed by atoms with Gasteiger partial charge in [0, 0.05) is 0 Å². The number of hydrogen-bond acceptors (Lipinski definition) is 1. The van der Waals surface area contributed by atoms with Gasteiger partial charge in [0.1, 0.15) is 18.8 Å². The Kier molecular flexibility index (Phi) is 11.5. The topological polar surface area (TPSA) is 28.7 Å². The zero-order valence-corrected chi connectivity index (χ0v) is 22.4. The van der Waals surface area contributed by atoms with Crippen LogP contribution in [0, 0.1) is 0 Å². The fraction of sp³-hybridized carbons (Fsp3) is 0.167. The molecule has 4 aromatic carbocycles. The minimum Gasteiger partial charge on any atom is -1.00 e. The van der Waals surface area contributed by atoms with Gasteiger partial charge in [-0.15, -0.1) is 0 Å². The molecule has 0 unspecified atom stereocenters. The summed E-state index contributed by atoms with van der Waals surface area (Å²) in [5.41, 5.74) is 5.83. The molecule has 0 aliphatic heterocycles. The van der Waals surface area contributed by atoms with E-state index >= 15 is 0 Å². The zero-order chi connectivity index (χ0) is 23.8. The number of hydrogen-bond donors (Lipinski definition) is 2. The summed E-state index contributed by atoms with van der Waals surface area (Å²) in [5, 5.41) is 3.71. The largest absolute Gasteiger partial charge is 1.00 e. The van der Waals surface area contributed by atoms with E-state index in [1.165, 1.54) is 21.7 Å². The van der Waals surface area contributed by atoms with E-state index < -0.39 is 0 Å². The molecule has 6 heteroatoms. The highest BCUT2D eigenvalue weighted by molar-refractivity contribution is 6.05. The van der Waals surface area contributed by atoms with E-state index in [2.05, 4.69) is 115 Å². The molecule has 0 aromatic heterocycles. The first-order valence-corrected chi connectivity index (χ1v) is 11.6. The van der Waals surface area contributed by atoms with Gasteiger partial charge in [0.2, 0.25) is 0 Å². The molecule has 0 amide bonds. The second-order valence-electron chi connectivity index (χ2n) is 8.58. The lowest BCUT2D eigenvalue weighted by Crippen LogP contribution is -3.00. The summed E-state index contributed by atoms with van der Waals surface area (Å²) in [6, 6.07) is 38.0. The van der Waals surface area contributed by atoms with E-state index in [0.717, 1.165) is 35.9 Å². The number of halogens is 2. The third-order valence-corrected chi connectivity index (χ3v) is 5.84. The second-order valence-corrected chi connectivity index (χ2v) is 8.58. The van der Waals surface area contributed by atoms with Crippen molar-refractivity contribution in [2.24, 2.45) is 0 Å². The number of rotatable bonds is 8. The third-order valence-electron chi connectivity index (χ3n) is 5.84. The van der Waals surface area contributed by atoms with Crippen LogP contribution in [-0.2, 0) is 13.1 Å². The van der Waals surface area contributed by atoms with Crippen molar-refractivity contribution in [2.75, 3.05) is 26.5 Å². The van der Waals surface area contributed by atoms with E-state index in [1.807, 2.05) is 18.2 Å². The maximum atomic E-state index is 5.65. The van der Waals surface area contributed by atoms with Crippen LogP contribution in [0.4, 0.5) is 11.4 Å². The van der Waals surface area contributed by atoms with Gasteiger partial charge in [0.25, 0.3) is 5.84 Å². The molecule has 2 N–H and O–H groups in total. The fourth-order valence-corrected chi connectivity index (χ4v) is 3.99. The fourth-order valence-electron chi connectivity index (χ4n) is 3.99. The van der Waals surface area contributed by atoms with E-state index in [9.17, 15) is 0 Å². The smallest absolute Gasteiger partial charge is 0.282 e. The van der Waals surface area contributed by atoms with Crippen molar-refractivity contribution in [1.82, 2.24) is 0 Å². The molecule has 4 nitrogen and oxygen atoms in total. The third kappa shape index (κ3) is 7.59. The Morgan fingerprint density at radius 1 is 0.694 bits per heavy atom. The highest BCUT2D eigenvalue weighted by atomic mass is 35.5. The summed E-state index contributed by atoms with van der Waals surface area (Å²) in [4.78, 5) is 1.30. The van der Waals surface area contributed by atoms with Gasteiger partial charge in [-0.3, -0.25) is 4.58 Å². The van der Waals surface area contributed by atoms with Crippen LogP contribution in [0.3, 0.4) is 0 Å². The number of ether oxygens (including phenoxy) is 1. The predicted molar refractivity (Wildman–Crippen MR) is 140 cm³/mol. The molecule has 0 aliphatic rings. The standard InChI is InChI=1S/C30H31N3O.2ClH/c1-32(2)27-20-18-26(19-21-27)30(31-28-16-10-11-17-29(28)34-3)33(22-24-12-6-4-7-13-24)23-25-14-8-5-9-15-25;;/h4-21H,22-23H2,1-3H3;2*1H. The number of nitrogens with zero attached hydrogens (tertiary/aromatic N) is 1. The van der Waals surface area contributed by atoms with Gasteiger partial charge in [-0.05, 0) is 47.5 Å². The van der Waals surface area contributed by atoms with E-state index in [-0.39, 0.29) is 24.8 Å². The van der Waals surface area contributed by atoms with Crippen LogP contribution >= 0.6 is 0 Å². The summed E-state index contributed by atoms with van der Waals surface area (Å²) in [6.45, 7) is 1.54. The van der Waals surface area contributed by atoms with Crippen molar-refractivity contribution < 1.29 is 39.0 Å². The molecular formula is C30H33Cl2N3O. The van der Waals surface area contributed by atoms with Crippen molar-refractivity contribution in [1.29, 1.82) is 0 Å². The van der Waals surface area contributed by atoms with Crippen molar-refractivity contribution in [2.45, 2.75) is 13.1 Å². The average molecular weight is 523 g/mol. The Balaban J connectivity index is 0.00000228. The molecule has 0 saturated carbocycles. The molecule has 0 saturated heterocycles. The first kappa shape index (κ1) is 28.9. The van der Waals surface area contributed by atoms with Gasteiger partial charge in [0.05, 0.1) is 26.8 Å². The van der Waals surface area contributed by atoms with Crippen molar-refractivity contribution in [3.05, 3.63) is 126 Å². The molecule has 0 atom stereocenters. The highest BCUT2D eigenvalue weighted by Crippen LogP contribution is 2.24. The second kappa shape index (κ2) is 14.3. The molecule has 4 rings (SSSR count). The number of amidine groups is 1. The highest BCUT2D eigenvalue weighted by Gasteiger charge is 2.21. The van der Waals surface area contributed by atoms with E-state index in [4.69, 9.17) is 4.74 Å². The van der Waals surface area contributed by atoms with Crippen LogP contribution in [-0.4, -0.2) is 31.6 Å². The predicted octanol–water partition coefficient (Wildman–Crippen LogP) is -1.25. The van der Waals surface area contributed by atoms with E-state index in [1.54, 1.807) is 7.11 Å². The lowest BCUT2D eigenvalue weighted by molar-refractivity contribution is -0.786. The van der Waals surface area contributed by atoms with Gasteiger partial charge in [-0.1, -0.05) is 72.8 Å². The van der Waals surface area contributed by atoms with Crippen LogP contribution in [0.15, 0.2) is 109 Å². The first-order chi connectivity index (χ1) is 16.6. The minimum atomic E-state index is 0. The molecule has 36 heavy (non-hydrogen) atoms. The van der Waals surface area contributed by atoms with Gasteiger partial charge < -0.3 is 34.5 Å². The Labute approximate surface area is 227 Å². The molecule has 0 heterocycles. The summed E-state index contributed by atoms with van der Waals surface area (Å²) in [5.74, 6) is 1.85. The van der Waals surface area contributed by atoms with Crippen molar-refractivity contribution in [3.63, 3.8) is 0 Å². The number of quaternary nitrogens is 1. The maximum absolute atomic E-state index is 5.65. The van der Waals surface area contributed by atoms with Crippen LogP contribution < -0.4 is 39.8 Å². The van der Waals surface area contributed by atoms with Crippen LogP contribution in [0.25, 0.3) is 0 Å². The molecule has 0 bridgehead atoms. The first-order valence-electron chi connectivity index (χ1n) is 11.6. The lowest BCUT2D eigenvalue weighted by atomic mass is 10.1. The number of methoxy groups -OCH3 is 1. The van der Waals surface area contributed by atoms with Crippen LogP contribution in [0.5, 0.6) is 5.75 Å². The van der Waals surface area contributed by atoms with Crippen LogP contribution in [0.2, 0.25) is 0 Å². The maximum Gasteiger partial charge on any atom is 0.282 e. The molecule has 188 valence electrons. The van der Waals surface area contributed by atoms with Crippen molar-refractivity contribution >= 4 is 17.2 Å². The molecule has 0 aliphatic carbocycles. The molecule has 0 spiro atoms. The molecule has 4 aromatic rings. The SMILES string of the molecule is COc1ccccc1NC(c1ccc([NH+](C)C)cc1)=[N+](Cc1ccccc1)Cc1ccccc1.[Cl-].[Cl-]. The van der Waals surface area contributed by atoms with E-state index in [0.29, 0.717) is 0 Å². The van der Waals surface area contributed by atoms with Crippen molar-refractivity contribution in [3.8, 4) is 5.75 Å².